The molecule has 1 amide bonds. The highest BCUT2D eigenvalue weighted by Gasteiger charge is 2.35. The molecule has 0 aromatic rings. The number of amides is 1. The highest BCUT2D eigenvalue weighted by atomic mass is 32.2. The summed E-state index contributed by atoms with van der Waals surface area (Å²) in [6.45, 7) is 5.96. The predicted octanol–water partition coefficient (Wildman–Crippen LogP) is 2.31. The minimum atomic E-state index is 0.0551. The molecule has 2 nitrogen and oxygen atoms in total. The second-order valence-electron chi connectivity index (χ2n) is 3.69. The smallest absolute Gasteiger partial charge is 0.217 e. The zero-order chi connectivity index (χ0) is 9.90. The first-order valence-corrected chi connectivity index (χ1v) is 5.58. The molecule has 0 aliphatic carbocycles. The molecule has 0 saturated heterocycles. The van der Waals surface area contributed by atoms with Gasteiger partial charge in [0.25, 0.3) is 0 Å². The first kappa shape index (κ1) is 10.6. The van der Waals surface area contributed by atoms with E-state index in [2.05, 4.69) is 30.6 Å². The van der Waals surface area contributed by atoms with E-state index in [1.807, 2.05) is 11.8 Å². The molecule has 0 aromatic carbocycles. The fourth-order valence-electron chi connectivity index (χ4n) is 1.68. The van der Waals surface area contributed by atoms with Gasteiger partial charge >= 0.3 is 0 Å². The Kier molecular flexibility index (Phi) is 3.42. The maximum absolute atomic E-state index is 10.9. The van der Waals surface area contributed by atoms with Crippen LogP contribution >= 0.6 is 11.8 Å². The molecule has 0 radical (unpaired) electrons. The van der Waals surface area contributed by atoms with E-state index >= 15 is 0 Å². The topological polar surface area (TPSA) is 29.1 Å². The molecule has 3 heteroatoms. The molecule has 0 spiro atoms. The van der Waals surface area contributed by atoms with E-state index in [1.54, 1.807) is 6.92 Å². The summed E-state index contributed by atoms with van der Waals surface area (Å²) in [4.78, 5) is 10.9. The number of hydrogen-bond acceptors (Lipinski definition) is 2. The molecule has 1 aliphatic heterocycles. The van der Waals surface area contributed by atoms with Gasteiger partial charge in [-0.05, 0) is 18.8 Å². The van der Waals surface area contributed by atoms with Crippen LogP contribution in [0, 0.1) is 0 Å². The van der Waals surface area contributed by atoms with Gasteiger partial charge in [0.05, 0.1) is 6.04 Å². The van der Waals surface area contributed by atoms with Crippen molar-refractivity contribution in [2.24, 2.45) is 0 Å². The Labute approximate surface area is 84.2 Å². The monoisotopic (exact) mass is 199 g/mol. The van der Waals surface area contributed by atoms with Crippen molar-refractivity contribution in [2.45, 2.75) is 44.4 Å². The summed E-state index contributed by atoms with van der Waals surface area (Å²) in [5.41, 5.74) is 0. The van der Waals surface area contributed by atoms with Crippen molar-refractivity contribution in [1.82, 2.24) is 5.32 Å². The van der Waals surface area contributed by atoms with Crippen LogP contribution in [-0.4, -0.2) is 16.7 Å². The summed E-state index contributed by atoms with van der Waals surface area (Å²) < 4.78 is 0.167. The van der Waals surface area contributed by atoms with Gasteiger partial charge in [-0.3, -0.25) is 4.79 Å². The van der Waals surface area contributed by atoms with Crippen molar-refractivity contribution in [1.29, 1.82) is 0 Å². The Hall–Kier alpha value is -0.440. The van der Waals surface area contributed by atoms with Gasteiger partial charge in [0, 0.05) is 11.7 Å². The normalized spacial score (nSPS) is 32.1. The van der Waals surface area contributed by atoms with Crippen LogP contribution in [0.25, 0.3) is 0 Å². The highest BCUT2D eigenvalue weighted by molar-refractivity contribution is 8.03. The van der Waals surface area contributed by atoms with E-state index in [9.17, 15) is 4.79 Å². The number of carbonyl (C=O) groups excluding carboxylic acids is 1. The van der Waals surface area contributed by atoms with Gasteiger partial charge in [-0.1, -0.05) is 19.4 Å². The average molecular weight is 199 g/mol. The van der Waals surface area contributed by atoms with E-state index < -0.39 is 0 Å². The molecule has 0 bridgehead atoms. The first-order chi connectivity index (χ1) is 6.08. The molecule has 1 heterocycles. The first-order valence-electron chi connectivity index (χ1n) is 4.70. The number of thioether (sulfide) groups is 1. The minimum Gasteiger partial charge on any atom is -0.349 e. The second kappa shape index (κ2) is 4.18. The molecule has 0 aromatic heterocycles. The fraction of sp³-hybridized carbons (Fsp3) is 0.700. The van der Waals surface area contributed by atoms with Gasteiger partial charge in [0.15, 0.2) is 0 Å². The van der Waals surface area contributed by atoms with E-state index in [0.717, 1.165) is 12.8 Å². The van der Waals surface area contributed by atoms with Crippen LogP contribution in [-0.2, 0) is 4.79 Å². The van der Waals surface area contributed by atoms with Crippen LogP contribution in [0.1, 0.15) is 33.6 Å². The van der Waals surface area contributed by atoms with Gasteiger partial charge in [-0.2, -0.15) is 0 Å². The maximum atomic E-state index is 10.9. The highest BCUT2D eigenvalue weighted by Crippen LogP contribution is 2.39. The van der Waals surface area contributed by atoms with Crippen LogP contribution in [0.5, 0.6) is 0 Å². The lowest BCUT2D eigenvalue weighted by molar-refractivity contribution is -0.119. The molecule has 74 valence electrons. The molecular weight excluding hydrogens is 182 g/mol. The van der Waals surface area contributed by atoms with E-state index in [0.29, 0.717) is 0 Å². The zero-order valence-corrected chi connectivity index (χ0v) is 9.28. The van der Waals surface area contributed by atoms with E-state index in [4.69, 9.17) is 0 Å². The predicted molar refractivity (Wildman–Crippen MR) is 57.6 cm³/mol. The number of rotatable bonds is 3. The van der Waals surface area contributed by atoms with Crippen LogP contribution in [0.4, 0.5) is 0 Å². The molecule has 0 saturated carbocycles. The van der Waals surface area contributed by atoms with Gasteiger partial charge < -0.3 is 5.32 Å². The van der Waals surface area contributed by atoms with Crippen LogP contribution in [0.2, 0.25) is 0 Å². The summed E-state index contributed by atoms with van der Waals surface area (Å²) in [5.74, 6) is 0.0551. The SMILES string of the molecule is CCCC1(C)SC=CC1NC(C)=O. The molecule has 1 rings (SSSR count). The molecule has 1 aliphatic rings. The summed E-state index contributed by atoms with van der Waals surface area (Å²) >= 11 is 1.82. The lowest BCUT2D eigenvalue weighted by Crippen LogP contribution is -2.44. The standard InChI is InChI=1S/C10H17NOS/c1-4-6-10(3)9(5-7-13-10)11-8(2)12/h5,7,9H,4,6H2,1-3H3,(H,11,12). The second-order valence-corrected chi connectivity index (χ2v) is 5.13. The van der Waals surface area contributed by atoms with Crippen LogP contribution in [0.3, 0.4) is 0 Å². The van der Waals surface area contributed by atoms with Gasteiger partial charge in [0.2, 0.25) is 5.91 Å². The largest absolute Gasteiger partial charge is 0.349 e. The Bertz CT molecular complexity index is 227. The summed E-state index contributed by atoms with van der Waals surface area (Å²) in [6, 6.07) is 0.204. The number of carbonyl (C=O) groups is 1. The van der Waals surface area contributed by atoms with Crippen LogP contribution < -0.4 is 5.32 Å². The minimum absolute atomic E-state index is 0.0551. The number of hydrogen-bond donors (Lipinski definition) is 1. The Morgan fingerprint density at radius 3 is 2.92 bits per heavy atom. The van der Waals surface area contributed by atoms with Crippen molar-refractivity contribution in [3.8, 4) is 0 Å². The third-order valence-electron chi connectivity index (χ3n) is 2.37. The van der Waals surface area contributed by atoms with Crippen molar-refractivity contribution < 1.29 is 4.79 Å². The van der Waals surface area contributed by atoms with Crippen molar-refractivity contribution >= 4 is 17.7 Å². The summed E-state index contributed by atoms with van der Waals surface area (Å²) in [6.07, 6.45) is 4.37. The molecule has 2 unspecified atom stereocenters. The molecule has 2 atom stereocenters. The Morgan fingerprint density at radius 1 is 1.69 bits per heavy atom. The Balaban J connectivity index is 2.60. The maximum Gasteiger partial charge on any atom is 0.217 e. The van der Waals surface area contributed by atoms with E-state index in [1.165, 1.54) is 0 Å². The van der Waals surface area contributed by atoms with E-state index in [-0.39, 0.29) is 16.7 Å². The molecule has 1 N–H and O–H groups in total. The Morgan fingerprint density at radius 2 is 2.38 bits per heavy atom. The molecule has 0 fully saturated rings. The van der Waals surface area contributed by atoms with Gasteiger partial charge in [-0.25, -0.2) is 0 Å². The van der Waals surface area contributed by atoms with Crippen LogP contribution in [0.15, 0.2) is 11.5 Å². The lowest BCUT2D eigenvalue weighted by Gasteiger charge is -2.30. The van der Waals surface area contributed by atoms with Crippen molar-refractivity contribution in [3.63, 3.8) is 0 Å². The molecular formula is C10H17NOS. The third kappa shape index (κ3) is 2.50. The van der Waals surface area contributed by atoms with Gasteiger partial charge in [-0.15, -0.1) is 11.8 Å². The molecule has 13 heavy (non-hydrogen) atoms. The van der Waals surface area contributed by atoms with Gasteiger partial charge in [0.1, 0.15) is 0 Å². The third-order valence-corrected chi connectivity index (χ3v) is 3.66. The fourth-order valence-corrected chi connectivity index (χ4v) is 2.83. The van der Waals surface area contributed by atoms with Crippen molar-refractivity contribution in [2.75, 3.05) is 0 Å². The number of nitrogens with one attached hydrogen (secondary N) is 1. The lowest BCUT2D eigenvalue weighted by atomic mass is 9.96. The quantitative estimate of drug-likeness (QED) is 0.755. The summed E-state index contributed by atoms with van der Waals surface area (Å²) in [7, 11) is 0. The zero-order valence-electron chi connectivity index (χ0n) is 8.46. The average Bonchev–Trinajstić information content (AvgIpc) is 2.32. The summed E-state index contributed by atoms with van der Waals surface area (Å²) in [5, 5.41) is 5.06. The van der Waals surface area contributed by atoms with Crippen molar-refractivity contribution in [3.05, 3.63) is 11.5 Å².